The number of rotatable bonds is 2. The van der Waals surface area contributed by atoms with Gasteiger partial charge in [-0.1, -0.05) is 27.5 Å². The third kappa shape index (κ3) is 3.12. The van der Waals surface area contributed by atoms with Crippen LogP contribution in [0.5, 0.6) is 0 Å². The molecule has 2 aromatic rings. The molecular weight excluding hydrogens is 314 g/mol. The zero-order valence-electron chi connectivity index (χ0n) is 9.71. The molecule has 0 saturated carbocycles. The molecule has 2 rings (SSSR count). The van der Waals surface area contributed by atoms with E-state index >= 15 is 0 Å². The number of anilines is 1. The quantitative estimate of drug-likeness (QED) is 0.855. The smallest absolute Gasteiger partial charge is 0.255 e. The van der Waals surface area contributed by atoms with Crippen molar-refractivity contribution in [3.63, 3.8) is 0 Å². The van der Waals surface area contributed by atoms with Crippen LogP contribution < -0.4 is 5.32 Å². The van der Waals surface area contributed by atoms with Gasteiger partial charge in [-0.15, -0.1) is 0 Å². The standard InChI is InChI=1S/C14H11BrClNO/c1-9-8-10(2-7-13(9)16)14(18)17-12-5-3-11(15)4-6-12/h2-8H,1H3,(H,17,18). The summed E-state index contributed by atoms with van der Waals surface area (Å²) >= 11 is 9.27. The number of nitrogens with one attached hydrogen (secondary N) is 1. The summed E-state index contributed by atoms with van der Waals surface area (Å²) in [5.41, 5.74) is 2.25. The van der Waals surface area contributed by atoms with E-state index in [0.717, 1.165) is 15.7 Å². The average molecular weight is 325 g/mol. The van der Waals surface area contributed by atoms with Gasteiger partial charge in [-0.05, 0) is 55.0 Å². The van der Waals surface area contributed by atoms with Crippen LogP contribution in [-0.4, -0.2) is 5.91 Å². The Bertz CT molecular complexity index is 581. The predicted octanol–water partition coefficient (Wildman–Crippen LogP) is 4.66. The zero-order valence-corrected chi connectivity index (χ0v) is 12.0. The summed E-state index contributed by atoms with van der Waals surface area (Å²) in [5, 5.41) is 3.49. The highest BCUT2D eigenvalue weighted by molar-refractivity contribution is 9.10. The van der Waals surface area contributed by atoms with Crippen LogP contribution in [0.15, 0.2) is 46.9 Å². The largest absolute Gasteiger partial charge is 0.322 e. The Morgan fingerprint density at radius 1 is 1.17 bits per heavy atom. The fourth-order valence-corrected chi connectivity index (χ4v) is 1.90. The Morgan fingerprint density at radius 2 is 1.83 bits per heavy atom. The van der Waals surface area contributed by atoms with Gasteiger partial charge in [-0.25, -0.2) is 0 Å². The summed E-state index contributed by atoms with van der Waals surface area (Å²) in [6, 6.07) is 12.6. The van der Waals surface area contributed by atoms with Crippen molar-refractivity contribution >= 4 is 39.1 Å². The van der Waals surface area contributed by atoms with Gasteiger partial charge in [0.15, 0.2) is 0 Å². The van der Waals surface area contributed by atoms with Crippen molar-refractivity contribution in [2.24, 2.45) is 0 Å². The van der Waals surface area contributed by atoms with Gasteiger partial charge >= 0.3 is 0 Å². The van der Waals surface area contributed by atoms with E-state index in [0.29, 0.717) is 10.6 Å². The van der Waals surface area contributed by atoms with Crippen LogP contribution in [0, 0.1) is 6.92 Å². The normalized spacial score (nSPS) is 10.2. The molecule has 0 aliphatic carbocycles. The van der Waals surface area contributed by atoms with Gasteiger partial charge in [0, 0.05) is 20.7 Å². The number of carbonyl (C=O) groups is 1. The van der Waals surface area contributed by atoms with Gasteiger partial charge in [0.2, 0.25) is 0 Å². The Labute approximate surface area is 119 Å². The van der Waals surface area contributed by atoms with Crippen molar-refractivity contribution in [3.05, 3.63) is 63.1 Å². The van der Waals surface area contributed by atoms with Crippen molar-refractivity contribution in [1.82, 2.24) is 0 Å². The topological polar surface area (TPSA) is 29.1 Å². The maximum absolute atomic E-state index is 12.0. The summed E-state index contributed by atoms with van der Waals surface area (Å²) in [7, 11) is 0. The molecule has 0 aromatic heterocycles. The van der Waals surface area contributed by atoms with Crippen LogP contribution in [0.4, 0.5) is 5.69 Å². The molecular formula is C14H11BrClNO. The van der Waals surface area contributed by atoms with Crippen LogP contribution in [0.1, 0.15) is 15.9 Å². The summed E-state index contributed by atoms with van der Waals surface area (Å²) in [4.78, 5) is 12.0. The van der Waals surface area contributed by atoms with Gasteiger partial charge in [0.25, 0.3) is 5.91 Å². The lowest BCUT2D eigenvalue weighted by Crippen LogP contribution is -2.11. The lowest BCUT2D eigenvalue weighted by molar-refractivity contribution is 0.102. The molecule has 1 N–H and O–H groups in total. The second kappa shape index (κ2) is 5.55. The van der Waals surface area contributed by atoms with E-state index in [1.807, 2.05) is 31.2 Å². The van der Waals surface area contributed by atoms with Crippen molar-refractivity contribution < 1.29 is 4.79 Å². The number of hydrogen-bond acceptors (Lipinski definition) is 1. The monoisotopic (exact) mass is 323 g/mol. The molecule has 18 heavy (non-hydrogen) atoms. The molecule has 2 nitrogen and oxygen atoms in total. The minimum atomic E-state index is -0.142. The van der Waals surface area contributed by atoms with E-state index in [2.05, 4.69) is 21.2 Å². The average Bonchev–Trinajstić information content (AvgIpc) is 2.35. The van der Waals surface area contributed by atoms with E-state index in [9.17, 15) is 4.79 Å². The predicted molar refractivity (Wildman–Crippen MR) is 78.3 cm³/mol. The minimum absolute atomic E-state index is 0.142. The third-order valence-electron chi connectivity index (χ3n) is 2.52. The molecule has 4 heteroatoms. The number of hydrogen-bond donors (Lipinski definition) is 1. The first-order valence-electron chi connectivity index (χ1n) is 5.39. The van der Waals surface area contributed by atoms with Crippen LogP contribution in [-0.2, 0) is 0 Å². The fraction of sp³-hybridized carbons (Fsp3) is 0.0714. The van der Waals surface area contributed by atoms with Crippen molar-refractivity contribution in [3.8, 4) is 0 Å². The van der Waals surface area contributed by atoms with E-state index in [1.165, 1.54) is 0 Å². The SMILES string of the molecule is Cc1cc(C(=O)Nc2ccc(Br)cc2)ccc1Cl. The van der Waals surface area contributed by atoms with E-state index in [-0.39, 0.29) is 5.91 Å². The minimum Gasteiger partial charge on any atom is -0.322 e. The first kappa shape index (κ1) is 13.1. The molecule has 2 aromatic carbocycles. The lowest BCUT2D eigenvalue weighted by atomic mass is 10.1. The number of aryl methyl sites for hydroxylation is 1. The zero-order chi connectivity index (χ0) is 13.1. The Hall–Kier alpha value is -1.32. The van der Waals surface area contributed by atoms with E-state index in [4.69, 9.17) is 11.6 Å². The molecule has 1 amide bonds. The molecule has 0 atom stereocenters. The van der Waals surface area contributed by atoms with Crippen LogP contribution >= 0.6 is 27.5 Å². The van der Waals surface area contributed by atoms with Gasteiger partial charge in [-0.3, -0.25) is 4.79 Å². The van der Waals surface area contributed by atoms with Crippen molar-refractivity contribution in [1.29, 1.82) is 0 Å². The van der Waals surface area contributed by atoms with Crippen LogP contribution in [0.2, 0.25) is 5.02 Å². The number of carbonyl (C=O) groups excluding carboxylic acids is 1. The second-order valence-electron chi connectivity index (χ2n) is 3.92. The molecule has 0 unspecified atom stereocenters. The van der Waals surface area contributed by atoms with Gasteiger partial charge < -0.3 is 5.32 Å². The Balaban J connectivity index is 2.16. The molecule has 0 saturated heterocycles. The molecule has 0 radical (unpaired) electrons. The Morgan fingerprint density at radius 3 is 2.44 bits per heavy atom. The molecule has 92 valence electrons. The number of amides is 1. The first-order chi connectivity index (χ1) is 8.56. The van der Waals surface area contributed by atoms with Gasteiger partial charge in [0.1, 0.15) is 0 Å². The van der Waals surface area contributed by atoms with Crippen LogP contribution in [0.25, 0.3) is 0 Å². The van der Waals surface area contributed by atoms with E-state index < -0.39 is 0 Å². The summed E-state index contributed by atoms with van der Waals surface area (Å²) < 4.78 is 0.975. The maximum Gasteiger partial charge on any atom is 0.255 e. The molecule has 0 aliphatic heterocycles. The molecule has 0 fully saturated rings. The molecule has 0 bridgehead atoms. The van der Waals surface area contributed by atoms with Crippen molar-refractivity contribution in [2.45, 2.75) is 6.92 Å². The molecule has 0 spiro atoms. The summed E-state index contributed by atoms with van der Waals surface area (Å²) in [6.07, 6.45) is 0. The maximum atomic E-state index is 12.0. The summed E-state index contributed by atoms with van der Waals surface area (Å²) in [5.74, 6) is -0.142. The van der Waals surface area contributed by atoms with E-state index in [1.54, 1.807) is 18.2 Å². The highest BCUT2D eigenvalue weighted by Gasteiger charge is 2.07. The van der Waals surface area contributed by atoms with Gasteiger partial charge in [-0.2, -0.15) is 0 Å². The fourth-order valence-electron chi connectivity index (χ4n) is 1.52. The highest BCUT2D eigenvalue weighted by atomic mass is 79.9. The number of halogens is 2. The van der Waals surface area contributed by atoms with Gasteiger partial charge in [0.05, 0.1) is 0 Å². The van der Waals surface area contributed by atoms with Crippen molar-refractivity contribution in [2.75, 3.05) is 5.32 Å². The lowest BCUT2D eigenvalue weighted by Gasteiger charge is -2.06. The first-order valence-corrected chi connectivity index (χ1v) is 6.56. The summed E-state index contributed by atoms with van der Waals surface area (Å²) in [6.45, 7) is 1.87. The van der Waals surface area contributed by atoms with Crippen LogP contribution in [0.3, 0.4) is 0 Å². The Kier molecular flexibility index (Phi) is 4.04. The molecule has 0 heterocycles. The highest BCUT2D eigenvalue weighted by Crippen LogP contribution is 2.18. The second-order valence-corrected chi connectivity index (χ2v) is 5.25. The third-order valence-corrected chi connectivity index (χ3v) is 3.47. The number of benzene rings is 2. The molecule has 0 aliphatic rings.